The molecule has 0 aromatic heterocycles. The molecule has 0 heterocycles. The van der Waals surface area contributed by atoms with Gasteiger partial charge in [-0.15, -0.1) is 0 Å². The predicted molar refractivity (Wildman–Crippen MR) is 61.7 cm³/mol. The van der Waals surface area contributed by atoms with Crippen molar-refractivity contribution in [2.24, 2.45) is 0 Å². The molecule has 84 valence electrons. The molecule has 0 aliphatic rings. The van der Waals surface area contributed by atoms with E-state index in [1.807, 2.05) is 0 Å². The average Bonchev–Trinajstić information content (AvgIpc) is 2.13. The minimum Gasteiger partial charge on any atom is -0.396 e. The van der Waals surface area contributed by atoms with E-state index >= 15 is 0 Å². The Bertz CT molecular complexity index is 451. The first kappa shape index (κ1) is 12.6. The quantitative estimate of drug-likeness (QED) is 0.823. The van der Waals surface area contributed by atoms with Crippen LogP contribution in [0.3, 0.4) is 0 Å². The van der Waals surface area contributed by atoms with E-state index in [0.29, 0.717) is 6.54 Å². The van der Waals surface area contributed by atoms with Crippen molar-refractivity contribution in [1.29, 1.82) is 0 Å². The maximum atomic E-state index is 11.6. The van der Waals surface area contributed by atoms with E-state index < -0.39 is 10.0 Å². The lowest BCUT2D eigenvalue weighted by molar-refractivity contribution is 0.584. The van der Waals surface area contributed by atoms with Crippen molar-refractivity contribution >= 4 is 38.9 Å². The Labute approximate surface area is 98.4 Å². The van der Waals surface area contributed by atoms with E-state index in [0.717, 1.165) is 0 Å². The minimum atomic E-state index is -3.55. The molecule has 7 heteroatoms. The van der Waals surface area contributed by atoms with Crippen LogP contribution in [0.2, 0.25) is 10.0 Å². The highest BCUT2D eigenvalue weighted by Gasteiger charge is 2.16. The van der Waals surface area contributed by atoms with Crippen LogP contribution in [-0.4, -0.2) is 15.0 Å². The summed E-state index contributed by atoms with van der Waals surface area (Å²) in [5.74, 6) is 0. The van der Waals surface area contributed by atoms with Gasteiger partial charge in [-0.05, 0) is 12.1 Å². The van der Waals surface area contributed by atoms with Crippen molar-refractivity contribution in [3.05, 3.63) is 22.2 Å². The summed E-state index contributed by atoms with van der Waals surface area (Å²) >= 11 is 11.4. The second-order valence-electron chi connectivity index (χ2n) is 2.80. The molecule has 0 aliphatic heterocycles. The lowest BCUT2D eigenvalue weighted by Crippen LogP contribution is -2.23. The van der Waals surface area contributed by atoms with Crippen LogP contribution >= 0.6 is 23.2 Å². The van der Waals surface area contributed by atoms with Crippen molar-refractivity contribution in [3.8, 4) is 0 Å². The average molecular weight is 269 g/mol. The zero-order chi connectivity index (χ0) is 11.6. The van der Waals surface area contributed by atoms with Gasteiger partial charge in [0.1, 0.15) is 0 Å². The fraction of sp³-hybridized carbons (Fsp3) is 0.250. The molecule has 0 bridgehead atoms. The molecule has 0 fully saturated rings. The Morgan fingerprint density at radius 3 is 2.20 bits per heavy atom. The highest BCUT2D eigenvalue weighted by Crippen LogP contribution is 2.30. The number of hydrogen-bond acceptors (Lipinski definition) is 3. The SMILES string of the molecule is CCNS(=O)(=O)c1cc(Cl)c(N)c(Cl)c1. The zero-order valence-corrected chi connectivity index (χ0v) is 10.2. The Hall–Kier alpha value is -0.490. The number of sulfonamides is 1. The van der Waals surface area contributed by atoms with Crippen LogP contribution in [0.5, 0.6) is 0 Å². The van der Waals surface area contributed by atoms with Crippen LogP contribution in [0.4, 0.5) is 5.69 Å². The van der Waals surface area contributed by atoms with Gasteiger partial charge < -0.3 is 5.73 Å². The monoisotopic (exact) mass is 268 g/mol. The third-order valence-electron chi connectivity index (χ3n) is 1.70. The Balaban J connectivity index is 3.29. The molecule has 1 rings (SSSR count). The fourth-order valence-electron chi connectivity index (χ4n) is 0.990. The first-order valence-electron chi connectivity index (χ1n) is 4.12. The van der Waals surface area contributed by atoms with Crippen LogP contribution < -0.4 is 10.5 Å². The molecule has 4 nitrogen and oxygen atoms in total. The van der Waals surface area contributed by atoms with Crippen molar-refractivity contribution in [3.63, 3.8) is 0 Å². The molecule has 0 spiro atoms. The van der Waals surface area contributed by atoms with Crippen LogP contribution in [-0.2, 0) is 10.0 Å². The van der Waals surface area contributed by atoms with Gasteiger partial charge in [-0.1, -0.05) is 30.1 Å². The molecule has 15 heavy (non-hydrogen) atoms. The summed E-state index contributed by atoms with van der Waals surface area (Å²) < 4.78 is 25.5. The van der Waals surface area contributed by atoms with Gasteiger partial charge in [-0.3, -0.25) is 0 Å². The normalized spacial score (nSPS) is 11.7. The maximum absolute atomic E-state index is 11.6. The van der Waals surface area contributed by atoms with E-state index in [1.165, 1.54) is 12.1 Å². The second kappa shape index (κ2) is 4.57. The summed E-state index contributed by atoms with van der Waals surface area (Å²) in [6.45, 7) is 1.97. The summed E-state index contributed by atoms with van der Waals surface area (Å²) in [5.41, 5.74) is 5.66. The summed E-state index contributed by atoms with van der Waals surface area (Å²) in [4.78, 5) is 0.00792. The zero-order valence-electron chi connectivity index (χ0n) is 7.92. The van der Waals surface area contributed by atoms with Crippen molar-refractivity contribution < 1.29 is 8.42 Å². The van der Waals surface area contributed by atoms with E-state index in [1.54, 1.807) is 6.92 Å². The summed E-state index contributed by atoms with van der Waals surface area (Å²) in [6.07, 6.45) is 0. The van der Waals surface area contributed by atoms with E-state index in [4.69, 9.17) is 28.9 Å². The molecule has 0 saturated heterocycles. The molecule has 3 N–H and O–H groups in total. The number of rotatable bonds is 3. The first-order chi connectivity index (χ1) is 6.88. The lowest BCUT2D eigenvalue weighted by Gasteiger charge is -2.07. The predicted octanol–water partition coefficient (Wildman–Crippen LogP) is 1.87. The molecular formula is C8H10Cl2N2O2S. The summed E-state index contributed by atoms with van der Waals surface area (Å²) in [7, 11) is -3.55. The minimum absolute atomic E-state index is 0.00792. The molecule has 0 radical (unpaired) electrons. The molecule has 0 aliphatic carbocycles. The third-order valence-corrected chi connectivity index (χ3v) is 3.85. The van der Waals surface area contributed by atoms with Crippen LogP contribution in [0.25, 0.3) is 0 Å². The highest BCUT2D eigenvalue weighted by atomic mass is 35.5. The smallest absolute Gasteiger partial charge is 0.240 e. The number of nitrogens with one attached hydrogen (secondary N) is 1. The number of nitrogens with two attached hydrogens (primary N) is 1. The molecular weight excluding hydrogens is 259 g/mol. The van der Waals surface area contributed by atoms with Gasteiger partial charge in [0.05, 0.1) is 20.6 Å². The van der Waals surface area contributed by atoms with Gasteiger partial charge in [0.25, 0.3) is 0 Å². The Kier molecular flexibility index (Phi) is 3.83. The Morgan fingerprint density at radius 1 is 1.33 bits per heavy atom. The molecule has 1 aromatic rings. The van der Waals surface area contributed by atoms with Crippen LogP contribution in [0, 0.1) is 0 Å². The van der Waals surface area contributed by atoms with Crippen molar-refractivity contribution in [2.45, 2.75) is 11.8 Å². The van der Waals surface area contributed by atoms with Crippen LogP contribution in [0.1, 0.15) is 6.92 Å². The Morgan fingerprint density at radius 2 is 1.80 bits per heavy atom. The molecule has 0 unspecified atom stereocenters. The number of nitrogen functional groups attached to an aromatic ring is 1. The summed E-state index contributed by atoms with van der Waals surface area (Å²) in [6, 6.07) is 2.53. The van der Waals surface area contributed by atoms with Gasteiger partial charge in [0.2, 0.25) is 10.0 Å². The molecule has 1 aromatic carbocycles. The number of halogens is 2. The number of hydrogen-bond donors (Lipinski definition) is 2. The van der Waals surface area contributed by atoms with Crippen LogP contribution in [0.15, 0.2) is 17.0 Å². The number of benzene rings is 1. The van der Waals surface area contributed by atoms with Gasteiger partial charge in [0.15, 0.2) is 0 Å². The molecule has 0 saturated carbocycles. The van der Waals surface area contributed by atoms with Crippen molar-refractivity contribution in [1.82, 2.24) is 4.72 Å². The van der Waals surface area contributed by atoms with E-state index in [-0.39, 0.29) is 20.6 Å². The summed E-state index contributed by atoms with van der Waals surface area (Å²) in [5, 5.41) is 0.248. The van der Waals surface area contributed by atoms with Gasteiger partial charge in [0, 0.05) is 6.54 Å². The van der Waals surface area contributed by atoms with Gasteiger partial charge in [-0.25, -0.2) is 13.1 Å². The molecule has 0 amide bonds. The van der Waals surface area contributed by atoms with E-state index in [2.05, 4.69) is 4.72 Å². The topological polar surface area (TPSA) is 72.2 Å². The number of anilines is 1. The largest absolute Gasteiger partial charge is 0.396 e. The first-order valence-corrected chi connectivity index (χ1v) is 6.36. The molecule has 0 atom stereocenters. The third kappa shape index (κ3) is 2.75. The van der Waals surface area contributed by atoms with Gasteiger partial charge >= 0.3 is 0 Å². The van der Waals surface area contributed by atoms with Crippen molar-refractivity contribution in [2.75, 3.05) is 12.3 Å². The second-order valence-corrected chi connectivity index (χ2v) is 5.38. The van der Waals surface area contributed by atoms with Gasteiger partial charge in [-0.2, -0.15) is 0 Å². The lowest BCUT2D eigenvalue weighted by atomic mass is 10.3. The fourth-order valence-corrected chi connectivity index (χ4v) is 2.70. The standard InChI is InChI=1S/C8H10Cl2N2O2S/c1-2-12-15(13,14)5-3-6(9)8(11)7(10)4-5/h3-4,12H,2,11H2,1H3. The maximum Gasteiger partial charge on any atom is 0.240 e. The highest BCUT2D eigenvalue weighted by molar-refractivity contribution is 7.89. The van der Waals surface area contributed by atoms with E-state index in [9.17, 15) is 8.42 Å².